The maximum absolute atomic E-state index is 4.55. The molecular weight excluding hydrogens is 1280 g/mol. The van der Waals surface area contributed by atoms with E-state index in [0.29, 0.717) is 43.2 Å². The zero-order valence-electron chi connectivity index (χ0n) is 49.1. The van der Waals surface area contributed by atoms with Gasteiger partial charge in [0.15, 0.2) is 32.9 Å². The molecule has 4 N–H and O–H groups in total. The Bertz CT molecular complexity index is 5350. The number of aromatic nitrogens is 25. The van der Waals surface area contributed by atoms with Gasteiger partial charge in [0.25, 0.3) is 0 Å². The van der Waals surface area contributed by atoms with Crippen LogP contribution in [0.2, 0.25) is 0 Å². The first-order valence-electron chi connectivity index (χ1n) is 27.7. The van der Waals surface area contributed by atoms with E-state index in [4.69, 9.17) is 0 Å². The number of anilines is 4. The summed E-state index contributed by atoms with van der Waals surface area (Å²) in [6.07, 6.45) is 8.78. The van der Waals surface area contributed by atoms with Gasteiger partial charge in [0.05, 0.1) is 16.6 Å². The Morgan fingerprint density at radius 3 is 0.902 bits per heavy atom. The van der Waals surface area contributed by atoms with E-state index >= 15 is 0 Å². The fourth-order valence-electron chi connectivity index (χ4n) is 8.96. The topological polar surface area (TPSA) is 321 Å². The third kappa shape index (κ3) is 12.5. The van der Waals surface area contributed by atoms with Crippen LogP contribution >= 0.6 is 70.6 Å². The van der Waals surface area contributed by atoms with Crippen molar-refractivity contribution in [1.82, 2.24) is 124 Å². The minimum Gasteiger partial charge on any atom is -0.372 e. The maximum atomic E-state index is 4.55. The highest BCUT2D eigenvalue weighted by Crippen LogP contribution is 2.39. The zero-order chi connectivity index (χ0) is 62.7. The molecule has 16 rings (SSSR count). The molecule has 0 saturated heterocycles. The number of nitrogens with zero attached hydrogens (tertiary/aromatic N) is 25. The van der Waals surface area contributed by atoms with Gasteiger partial charge < -0.3 is 30.4 Å². The van der Waals surface area contributed by atoms with Crippen LogP contribution in [0.1, 0.15) is 0 Å². The molecule has 16 aromatic rings. The van der Waals surface area contributed by atoms with Gasteiger partial charge in [-0.2, -0.15) is 18.1 Å². The highest BCUT2D eigenvalue weighted by Gasteiger charge is 2.18. The van der Waals surface area contributed by atoms with E-state index in [-0.39, 0.29) is 0 Å². The smallest absolute Gasteiger partial charge is 0.217 e. The first-order valence-corrected chi connectivity index (χ1v) is 32.6. The van der Waals surface area contributed by atoms with E-state index in [9.17, 15) is 0 Å². The maximum Gasteiger partial charge on any atom is 0.217 e. The van der Waals surface area contributed by atoms with Gasteiger partial charge in [-0.1, -0.05) is 0 Å². The van der Waals surface area contributed by atoms with Crippen LogP contribution in [0.15, 0.2) is 213 Å². The Labute approximate surface area is 545 Å². The monoisotopic (exact) mass is 1330 g/mol. The number of hydrogen-bond acceptors (Lipinski definition) is 29. The van der Waals surface area contributed by atoms with Crippen molar-refractivity contribution in [2.75, 3.05) is 49.5 Å². The van der Waals surface area contributed by atoms with Crippen LogP contribution in [0.3, 0.4) is 0 Å². The number of nitrogens with one attached hydrogen (secondary N) is 4. The molecule has 92 heavy (non-hydrogen) atoms. The highest BCUT2D eigenvalue weighted by molar-refractivity contribution is 8.00. The molecule has 0 aliphatic carbocycles. The summed E-state index contributed by atoms with van der Waals surface area (Å²) in [6.45, 7) is 0. The molecule has 0 aliphatic heterocycles. The van der Waals surface area contributed by atoms with Crippen molar-refractivity contribution in [2.24, 2.45) is 14.1 Å². The van der Waals surface area contributed by atoms with E-state index < -0.39 is 0 Å². The first kappa shape index (κ1) is 59.3. The molecule has 0 aliphatic rings. The van der Waals surface area contributed by atoms with Gasteiger partial charge in [-0.25, -0.2) is 0 Å². The molecular formula is C57H47N29S6. The van der Waals surface area contributed by atoms with Crippen LogP contribution in [0.25, 0.3) is 55.3 Å². The molecule has 3 aromatic carbocycles. The number of benzene rings is 3. The summed E-state index contributed by atoms with van der Waals surface area (Å²) in [7, 11) is 11.2. The van der Waals surface area contributed by atoms with Crippen molar-refractivity contribution in [1.29, 1.82) is 0 Å². The van der Waals surface area contributed by atoms with Crippen LogP contribution in [0, 0.1) is 0 Å². The molecule has 13 heterocycles. The summed E-state index contributed by atoms with van der Waals surface area (Å²) in [6, 6.07) is 39.4. The predicted octanol–water partition coefficient (Wildman–Crippen LogP) is 9.79. The lowest BCUT2D eigenvalue weighted by Gasteiger charge is -2.07. The second-order valence-corrected chi connectivity index (χ2v) is 25.6. The molecule has 0 atom stereocenters. The van der Waals surface area contributed by atoms with Crippen LogP contribution in [-0.2, 0) is 14.1 Å². The van der Waals surface area contributed by atoms with Crippen molar-refractivity contribution in [3.05, 3.63) is 153 Å². The molecule has 13 aromatic heterocycles. The van der Waals surface area contributed by atoms with E-state index in [1.807, 2.05) is 161 Å². The Morgan fingerprint density at radius 2 is 0.598 bits per heavy atom. The van der Waals surface area contributed by atoms with Crippen LogP contribution < -0.4 is 21.3 Å². The Kier molecular flexibility index (Phi) is 16.9. The molecule has 0 bridgehead atoms. The van der Waals surface area contributed by atoms with Gasteiger partial charge in [0.2, 0.25) is 20.6 Å². The average molecular weight is 1330 g/mol. The SMILES string of the molecule is CNc1ccc2nnc(Sc3ccc4nccc(Sc5nnc6ccc(NC)nn56)c4c3)n2n1.CNc1ccc2nnc(Sc3ccc4nccc(Sc5nncn5C)c4c3)n2n1.CNc1ccc2nnc(Sc3ccnc4ccc(Sc5nncn5C)cc34)n2n1. The van der Waals surface area contributed by atoms with Gasteiger partial charge in [-0.15, -0.1) is 81.6 Å². The number of fused-ring (bicyclic) bond motifs is 7. The molecule has 0 saturated carbocycles. The van der Waals surface area contributed by atoms with Gasteiger partial charge in [-0.3, -0.25) is 15.0 Å². The summed E-state index contributed by atoms with van der Waals surface area (Å²) in [5.74, 6) is 2.99. The van der Waals surface area contributed by atoms with Crippen LogP contribution in [-0.4, -0.2) is 152 Å². The minimum atomic E-state index is 0.671. The van der Waals surface area contributed by atoms with Gasteiger partial charge in [0.1, 0.15) is 35.9 Å². The average Bonchev–Trinajstić information content (AvgIpc) is 2.70. The van der Waals surface area contributed by atoms with Crippen molar-refractivity contribution in [3.63, 3.8) is 0 Å². The Hall–Kier alpha value is -10.3. The van der Waals surface area contributed by atoms with Crippen molar-refractivity contribution in [2.45, 2.75) is 60.3 Å². The van der Waals surface area contributed by atoms with E-state index in [1.165, 1.54) is 47.0 Å². The summed E-state index contributed by atoms with van der Waals surface area (Å²) >= 11 is 9.12. The van der Waals surface area contributed by atoms with Crippen molar-refractivity contribution in [3.8, 4) is 0 Å². The summed E-state index contributed by atoms with van der Waals surface area (Å²) < 4.78 is 10.7. The van der Waals surface area contributed by atoms with E-state index in [0.717, 1.165) is 95.7 Å². The lowest BCUT2D eigenvalue weighted by atomic mass is 10.2. The minimum absolute atomic E-state index is 0.671. The third-order valence-electron chi connectivity index (χ3n) is 13.6. The standard InChI is InChI=1S/C21H17N11S2.2C18H15N9S2/c1-22-16-5-7-18-25-27-20(31(18)29-16)33-12-3-4-14-13(11-12)15(9-10-24-14)34-21-28-26-19-8-6-17(23-2)30-32(19)21;1-19-15-5-6-16-22-24-18(27(16)25-15)28-11-3-4-13-12(9-11)14(7-8-20-13)29-17-23-21-10-26(17)2;1-19-15-5-6-16-22-24-18(27(16)25-15)29-14-7-8-20-13-4-3-11(9-12(13)14)28-17-23-21-10-26(17)2/h3-11H,1-2H3,(H,22,29)(H,23,30);2*3-10H,1-2H3,(H,19,25). The van der Waals surface area contributed by atoms with Crippen LogP contribution in [0.5, 0.6) is 0 Å². The molecule has 0 radical (unpaired) electrons. The molecule has 456 valence electrons. The van der Waals surface area contributed by atoms with Crippen molar-refractivity contribution < 1.29 is 0 Å². The van der Waals surface area contributed by atoms with Crippen LogP contribution in [0.4, 0.5) is 23.3 Å². The van der Waals surface area contributed by atoms with Crippen molar-refractivity contribution >= 4 is 149 Å². The fraction of sp³-hybridized carbons (Fsp3) is 0.105. The summed E-state index contributed by atoms with van der Waals surface area (Å²) in [5, 5.41) is 88.0. The normalized spacial score (nSPS) is 11.4. The predicted molar refractivity (Wildman–Crippen MR) is 353 cm³/mol. The lowest BCUT2D eigenvalue weighted by Crippen LogP contribution is -1.99. The molecule has 35 heteroatoms. The van der Waals surface area contributed by atoms with E-state index in [1.54, 1.807) is 66.6 Å². The number of pyridine rings is 3. The molecule has 0 amide bonds. The number of hydrogen-bond donors (Lipinski definition) is 4. The highest BCUT2D eigenvalue weighted by atomic mass is 32.2. The molecule has 0 fully saturated rings. The largest absolute Gasteiger partial charge is 0.372 e. The fourth-order valence-corrected chi connectivity index (χ4v) is 14.1. The quantitative estimate of drug-likeness (QED) is 0.0699. The van der Waals surface area contributed by atoms with Gasteiger partial charge in [-0.05, 0) is 192 Å². The Morgan fingerprint density at radius 1 is 0.304 bits per heavy atom. The summed E-state index contributed by atoms with van der Waals surface area (Å²) in [4.78, 5) is 19.7. The van der Waals surface area contributed by atoms with Gasteiger partial charge in [0, 0.05) is 106 Å². The lowest BCUT2D eigenvalue weighted by molar-refractivity contribution is 0.788. The second kappa shape index (κ2) is 26.2. The molecule has 0 spiro atoms. The molecule has 0 unspecified atom stereocenters. The van der Waals surface area contributed by atoms with E-state index in [2.05, 4.69) is 136 Å². The first-order chi connectivity index (χ1) is 45.1. The molecule has 29 nitrogen and oxygen atoms in total. The Balaban J connectivity index is 0.000000120. The number of aryl methyl sites for hydroxylation is 2. The van der Waals surface area contributed by atoms with Gasteiger partial charge >= 0.3 is 0 Å². The summed E-state index contributed by atoms with van der Waals surface area (Å²) in [5.41, 5.74) is 5.48. The third-order valence-corrected chi connectivity index (χ3v) is 19.6. The number of rotatable bonds is 16. The zero-order valence-corrected chi connectivity index (χ0v) is 54.0. The second-order valence-electron chi connectivity index (χ2n) is 19.4.